The maximum Gasteiger partial charge on any atom is 0.163 e. The highest BCUT2D eigenvalue weighted by Gasteiger charge is 2.26. The van der Waals surface area contributed by atoms with Crippen LogP contribution in [0.5, 0.6) is 0 Å². The second kappa shape index (κ2) is 5.18. The summed E-state index contributed by atoms with van der Waals surface area (Å²) in [6, 6.07) is 0. The zero-order valence-electron chi connectivity index (χ0n) is 9.05. The van der Waals surface area contributed by atoms with Crippen LogP contribution >= 0.6 is 0 Å². The first-order chi connectivity index (χ1) is 5.90. The minimum Gasteiger partial charge on any atom is -0.382 e. The van der Waals surface area contributed by atoms with Gasteiger partial charge in [0.2, 0.25) is 0 Å². The summed E-state index contributed by atoms with van der Waals surface area (Å²) in [6.07, 6.45) is 3.73. The van der Waals surface area contributed by atoms with E-state index < -0.39 is 5.60 Å². The molecule has 0 saturated heterocycles. The summed E-state index contributed by atoms with van der Waals surface area (Å²) in [5.41, 5.74) is 0.0838. The lowest BCUT2D eigenvalue weighted by Crippen LogP contribution is -2.34. The number of aliphatic hydroxyl groups is 1. The smallest absolute Gasteiger partial charge is 0.163 e. The number of allylic oxidation sites excluding steroid dienone is 2. The van der Waals surface area contributed by atoms with Crippen molar-refractivity contribution in [1.82, 2.24) is 0 Å². The fraction of sp³-hybridized carbons (Fsp3) is 0.727. The Bertz CT molecular complexity index is 198. The van der Waals surface area contributed by atoms with E-state index in [9.17, 15) is 9.90 Å². The largest absolute Gasteiger partial charge is 0.382 e. The van der Waals surface area contributed by atoms with Gasteiger partial charge in [-0.3, -0.25) is 4.79 Å². The second-order valence-corrected chi connectivity index (χ2v) is 3.87. The van der Waals surface area contributed by atoms with Crippen molar-refractivity contribution in [3.05, 3.63) is 11.6 Å². The summed E-state index contributed by atoms with van der Waals surface area (Å²) >= 11 is 0. The first kappa shape index (κ1) is 12.4. The molecular formula is C11H20O2. The first-order valence-corrected chi connectivity index (χ1v) is 4.79. The molecule has 2 nitrogen and oxygen atoms in total. The minimum absolute atomic E-state index is 0.0744. The molecule has 0 aromatic heterocycles. The van der Waals surface area contributed by atoms with E-state index in [4.69, 9.17) is 0 Å². The van der Waals surface area contributed by atoms with Gasteiger partial charge in [-0.25, -0.2) is 0 Å². The molecule has 76 valence electrons. The van der Waals surface area contributed by atoms with Gasteiger partial charge >= 0.3 is 0 Å². The molecule has 0 amide bonds. The molecule has 0 saturated carbocycles. The van der Waals surface area contributed by atoms with Gasteiger partial charge in [0.25, 0.3) is 0 Å². The molecule has 2 heteroatoms. The van der Waals surface area contributed by atoms with E-state index in [2.05, 4.69) is 0 Å². The molecular weight excluding hydrogens is 164 g/mol. The van der Waals surface area contributed by atoms with E-state index in [0.29, 0.717) is 12.8 Å². The predicted molar refractivity (Wildman–Crippen MR) is 54.6 cm³/mol. The molecule has 0 heterocycles. The van der Waals surface area contributed by atoms with E-state index in [1.54, 1.807) is 13.8 Å². The Morgan fingerprint density at radius 2 is 2.00 bits per heavy atom. The Labute approximate surface area is 80.7 Å². The van der Waals surface area contributed by atoms with Crippen molar-refractivity contribution in [3.63, 3.8) is 0 Å². The molecule has 0 spiro atoms. The third-order valence-corrected chi connectivity index (χ3v) is 2.11. The quantitative estimate of drug-likeness (QED) is 0.666. The standard InChI is InChI=1S/C11H20O2/c1-5-10(12)11(4,13)8-6-7-9(2)3/h7,13H,5-6,8H2,1-4H3/t11-/m0/s1. The number of ketones is 1. The lowest BCUT2D eigenvalue weighted by atomic mass is 9.93. The van der Waals surface area contributed by atoms with Crippen LogP contribution in [0.15, 0.2) is 11.6 Å². The summed E-state index contributed by atoms with van der Waals surface area (Å²) in [4.78, 5) is 11.2. The minimum atomic E-state index is -1.14. The van der Waals surface area contributed by atoms with Crippen molar-refractivity contribution >= 4 is 5.78 Å². The van der Waals surface area contributed by atoms with Gasteiger partial charge in [0.1, 0.15) is 5.60 Å². The number of hydrogen-bond donors (Lipinski definition) is 1. The molecule has 0 radical (unpaired) electrons. The Morgan fingerprint density at radius 1 is 1.46 bits per heavy atom. The van der Waals surface area contributed by atoms with E-state index >= 15 is 0 Å². The van der Waals surface area contributed by atoms with Gasteiger partial charge in [-0.05, 0) is 33.6 Å². The average molecular weight is 184 g/mol. The summed E-state index contributed by atoms with van der Waals surface area (Å²) in [6.45, 7) is 7.39. The van der Waals surface area contributed by atoms with Gasteiger partial charge in [-0.15, -0.1) is 0 Å². The third-order valence-electron chi connectivity index (χ3n) is 2.11. The van der Waals surface area contributed by atoms with Crippen LogP contribution in [-0.4, -0.2) is 16.5 Å². The normalized spacial score (nSPS) is 14.8. The van der Waals surface area contributed by atoms with Crippen LogP contribution < -0.4 is 0 Å². The van der Waals surface area contributed by atoms with Crippen molar-refractivity contribution in [2.45, 2.75) is 52.6 Å². The number of rotatable bonds is 5. The molecule has 0 bridgehead atoms. The van der Waals surface area contributed by atoms with Crippen LogP contribution in [0.4, 0.5) is 0 Å². The molecule has 1 atom stereocenters. The molecule has 0 aliphatic rings. The fourth-order valence-electron chi connectivity index (χ4n) is 1.16. The topological polar surface area (TPSA) is 37.3 Å². The Hall–Kier alpha value is -0.630. The van der Waals surface area contributed by atoms with Crippen molar-refractivity contribution in [1.29, 1.82) is 0 Å². The van der Waals surface area contributed by atoms with Gasteiger partial charge in [-0.2, -0.15) is 0 Å². The van der Waals surface area contributed by atoms with Gasteiger partial charge in [0.05, 0.1) is 0 Å². The van der Waals surface area contributed by atoms with Gasteiger partial charge in [0.15, 0.2) is 5.78 Å². The lowest BCUT2D eigenvalue weighted by molar-refractivity contribution is -0.135. The van der Waals surface area contributed by atoms with Crippen LogP contribution in [0.2, 0.25) is 0 Å². The van der Waals surface area contributed by atoms with E-state index in [-0.39, 0.29) is 5.78 Å². The molecule has 0 aliphatic carbocycles. The monoisotopic (exact) mass is 184 g/mol. The highest BCUT2D eigenvalue weighted by Crippen LogP contribution is 2.16. The molecule has 0 aliphatic heterocycles. The molecule has 0 rings (SSSR count). The van der Waals surface area contributed by atoms with Crippen molar-refractivity contribution in [2.75, 3.05) is 0 Å². The SMILES string of the molecule is CCC(=O)[C@@](C)(O)CCC=C(C)C. The Morgan fingerprint density at radius 3 is 2.38 bits per heavy atom. The van der Waals surface area contributed by atoms with Crippen LogP contribution in [0.3, 0.4) is 0 Å². The Balaban J connectivity index is 4.03. The highest BCUT2D eigenvalue weighted by molar-refractivity contribution is 5.86. The molecule has 13 heavy (non-hydrogen) atoms. The van der Waals surface area contributed by atoms with Gasteiger partial charge in [0, 0.05) is 6.42 Å². The second-order valence-electron chi connectivity index (χ2n) is 3.87. The van der Waals surface area contributed by atoms with Crippen molar-refractivity contribution < 1.29 is 9.90 Å². The molecule has 0 aromatic carbocycles. The van der Waals surface area contributed by atoms with Gasteiger partial charge < -0.3 is 5.11 Å². The van der Waals surface area contributed by atoms with E-state index in [1.807, 2.05) is 19.9 Å². The molecule has 0 unspecified atom stereocenters. The number of carbonyl (C=O) groups is 1. The summed E-state index contributed by atoms with van der Waals surface area (Å²) in [5, 5.41) is 9.72. The van der Waals surface area contributed by atoms with Crippen LogP contribution in [0, 0.1) is 0 Å². The van der Waals surface area contributed by atoms with E-state index in [1.165, 1.54) is 5.57 Å². The van der Waals surface area contributed by atoms with Crippen LogP contribution in [-0.2, 0) is 4.79 Å². The number of carbonyl (C=O) groups excluding carboxylic acids is 1. The maximum atomic E-state index is 11.2. The van der Waals surface area contributed by atoms with E-state index in [0.717, 1.165) is 6.42 Å². The predicted octanol–water partition coefficient (Wildman–Crippen LogP) is 2.46. The maximum absolute atomic E-state index is 11.2. The molecule has 0 aromatic rings. The lowest BCUT2D eigenvalue weighted by Gasteiger charge is -2.20. The van der Waals surface area contributed by atoms with Crippen LogP contribution in [0.25, 0.3) is 0 Å². The number of Topliss-reactive ketones (excluding diaryl/α,β-unsaturated/α-hetero) is 1. The third kappa shape index (κ3) is 4.83. The molecule has 1 N–H and O–H groups in total. The average Bonchev–Trinajstić information content (AvgIpc) is 2.01. The summed E-state index contributed by atoms with van der Waals surface area (Å²) in [7, 11) is 0. The Kier molecular flexibility index (Phi) is 4.92. The highest BCUT2D eigenvalue weighted by atomic mass is 16.3. The van der Waals surface area contributed by atoms with Crippen molar-refractivity contribution in [3.8, 4) is 0 Å². The first-order valence-electron chi connectivity index (χ1n) is 4.79. The van der Waals surface area contributed by atoms with Gasteiger partial charge in [-0.1, -0.05) is 18.6 Å². The number of hydrogen-bond acceptors (Lipinski definition) is 2. The summed E-state index contributed by atoms with van der Waals surface area (Å²) in [5.74, 6) is -0.0744. The molecule has 0 fully saturated rings. The zero-order valence-corrected chi connectivity index (χ0v) is 9.05. The van der Waals surface area contributed by atoms with Crippen molar-refractivity contribution in [2.24, 2.45) is 0 Å². The van der Waals surface area contributed by atoms with Crippen LogP contribution in [0.1, 0.15) is 47.0 Å². The fourth-order valence-corrected chi connectivity index (χ4v) is 1.16. The summed E-state index contributed by atoms with van der Waals surface area (Å²) < 4.78 is 0. The zero-order chi connectivity index (χ0) is 10.5.